The van der Waals surface area contributed by atoms with Crippen LogP contribution in [-0.4, -0.2) is 41.4 Å². The molecule has 1 aromatic carbocycles. The van der Waals surface area contributed by atoms with Crippen molar-refractivity contribution in [1.82, 2.24) is 4.90 Å². The number of aliphatic hydroxyl groups is 1. The number of hydrogen-bond donors (Lipinski definition) is 1. The van der Waals surface area contributed by atoms with E-state index in [0.717, 1.165) is 29.5 Å². The molecule has 1 amide bonds. The number of carbonyl (C=O) groups is 1. The fourth-order valence-corrected chi connectivity index (χ4v) is 2.06. The zero-order chi connectivity index (χ0) is 15.0. The lowest BCUT2D eigenvalue weighted by atomic mass is 10.1. The van der Waals surface area contributed by atoms with Crippen LogP contribution in [0.15, 0.2) is 24.3 Å². The van der Waals surface area contributed by atoms with Gasteiger partial charge in [0.05, 0.1) is 19.3 Å². The van der Waals surface area contributed by atoms with Crippen LogP contribution in [0, 0.1) is 0 Å². The minimum atomic E-state index is -0.675. The Labute approximate surface area is 128 Å². The van der Waals surface area contributed by atoms with Gasteiger partial charge in [-0.15, -0.1) is 0 Å². The molecule has 20 heavy (non-hydrogen) atoms. The first-order valence-corrected chi connectivity index (χ1v) is 7.85. The smallest absolute Gasteiger partial charge is 0.219 e. The SMILES string of the molecule is CC(=O)N(C)C[C@H](O)c1ccc(OCCCCBr)cc1. The molecule has 112 valence electrons. The second-order valence-electron chi connectivity index (χ2n) is 4.73. The summed E-state index contributed by atoms with van der Waals surface area (Å²) in [4.78, 5) is 12.6. The van der Waals surface area contributed by atoms with Gasteiger partial charge in [-0.3, -0.25) is 4.79 Å². The number of alkyl halides is 1. The van der Waals surface area contributed by atoms with Gasteiger partial charge in [-0.05, 0) is 30.5 Å². The van der Waals surface area contributed by atoms with Crippen molar-refractivity contribution in [1.29, 1.82) is 0 Å². The number of carbonyl (C=O) groups excluding carboxylic acids is 1. The standard InChI is InChI=1S/C15H22BrNO3/c1-12(18)17(2)11-15(19)13-5-7-14(8-6-13)20-10-4-3-9-16/h5-8,15,19H,3-4,9-11H2,1-2H3/t15-/m0/s1. The highest BCUT2D eigenvalue weighted by Gasteiger charge is 2.12. The first-order valence-electron chi connectivity index (χ1n) is 6.73. The Kier molecular flexibility index (Phi) is 7.62. The molecule has 0 radical (unpaired) electrons. The van der Waals surface area contributed by atoms with Gasteiger partial charge < -0.3 is 14.7 Å². The summed E-state index contributed by atoms with van der Waals surface area (Å²) in [6.45, 7) is 2.47. The largest absolute Gasteiger partial charge is 0.494 e. The number of aliphatic hydroxyl groups excluding tert-OH is 1. The molecule has 0 saturated carbocycles. The summed E-state index contributed by atoms with van der Waals surface area (Å²) in [6.07, 6.45) is 1.43. The zero-order valence-electron chi connectivity index (χ0n) is 12.0. The molecule has 4 nitrogen and oxygen atoms in total. The number of benzene rings is 1. The van der Waals surface area contributed by atoms with Crippen LogP contribution in [0.25, 0.3) is 0 Å². The Balaban J connectivity index is 2.46. The van der Waals surface area contributed by atoms with E-state index in [0.29, 0.717) is 13.2 Å². The highest BCUT2D eigenvalue weighted by atomic mass is 79.9. The van der Waals surface area contributed by atoms with E-state index in [1.165, 1.54) is 11.8 Å². The quantitative estimate of drug-likeness (QED) is 0.583. The van der Waals surface area contributed by atoms with E-state index in [2.05, 4.69) is 15.9 Å². The maximum absolute atomic E-state index is 11.1. The normalized spacial score (nSPS) is 12.0. The van der Waals surface area contributed by atoms with Crippen LogP contribution in [0.1, 0.15) is 31.4 Å². The minimum absolute atomic E-state index is 0.0594. The molecule has 1 atom stereocenters. The summed E-state index contributed by atoms with van der Waals surface area (Å²) in [6, 6.07) is 7.36. The van der Waals surface area contributed by atoms with E-state index >= 15 is 0 Å². The van der Waals surface area contributed by atoms with Crippen LogP contribution in [0.5, 0.6) is 5.75 Å². The summed E-state index contributed by atoms with van der Waals surface area (Å²) in [7, 11) is 1.67. The first kappa shape index (κ1) is 17.0. The van der Waals surface area contributed by atoms with Crippen LogP contribution < -0.4 is 4.74 Å². The molecule has 1 aromatic rings. The van der Waals surface area contributed by atoms with E-state index in [-0.39, 0.29) is 5.91 Å². The van der Waals surface area contributed by atoms with Gasteiger partial charge in [-0.25, -0.2) is 0 Å². The Hall–Kier alpha value is -1.07. The van der Waals surface area contributed by atoms with Crippen LogP contribution in [-0.2, 0) is 4.79 Å². The number of ether oxygens (including phenoxy) is 1. The molecule has 0 aliphatic carbocycles. The lowest BCUT2D eigenvalue weighted by Gasteiger charge is -2.19. The van der Waals surface area contributed by atoms with E-state index in [9.17, 15) is 9.90 Å². The summed E-state index contributed by atoms with van der Waals surface area (Å²) in [5.74, 6) is 0.742. The van der Waals surface area contributed by atoms with Crippen LogP contribution in [0.3, 0.4) is 0 Å². The summed E-state index contributed by atoms with van der Waals surface area (Å²) in [5, 5.41) is 11.0. The van der Waals surface area contributed by atoms with Crippen molar-refractivity contribution < 1.29 is 14.6 Å². The highest BCUT2D eigenvalue weighted by molar-refractivity contribution is 9.09. The fraction of sp³-hybridized carbons (Fsp3) is 0.533. The monoisotopic (exact) mass is 343 g/mol. The van der Waals surface area contributed by atoms with Crippen LogP contribution in [0.4, 0.5) is 0 Å². The van der Waals surface area contributed by atoms with Crippen molar-refractivity contribution in [3.8, 4) is 5.75 Å². The van der Waals surface area contributed by atoms with Crippen molar-refractivity contribution in [2.24, 2.45) is 0 Å². The molecule has 0 saturated heterocycles. The van der Waals surface area contributed by atoms with Crippen molar-refractivity contribution in [2.75, 3.05) is 25.5 Å². The highest BCUT2D eigenvalue weighted by Crippen LogP contribution is 2.18. The van der Waals surface area contributed by atoms with Gasteiger partial charge >= 0.3 is 0 Å². The molecule has 0 bridgehead atoms. The van der Waals surface area contributed by atoms with Gasteiger partial charge in [0.25, 0.3) is 0 Å². The number of unbranched alkanes of at least 4 members (excludes halogenated alkanes) is 1. The van der Waals surface area contributed by atoms with Crippen molar-refractivity contribution in [3.63, 3.8) is 0 Å². The zero-order valence-corrected chi connectivity index (χ0v) is 13.6. The van der Waals surface area contributed by atoms with E-state index in [4.69, 9.17) is 4.74 Å². The maximum atomic E-state index is 11.1. The van der Waals surface area contributed by atoms with Gasteiger partial charge in [0.1, 0.15) is 5.75 Å². The van der Waals surface area contributed by atoms with Gasteiger partial charge in [-0.1, -0.05) is 28.1 Å². The van der Waals surface area contributed by atoms with Crippen LogP contribution in [0.2, 0.25) is 0 Å². The third kappa shape index (κ3) is 5.92. The molecule has 1 rings (SSSR count). The van der Waals surface area contributed by atoms with Crippen molar-refractivity contribution >= 4 is 21.8 Å². The maximum Gasteiger partial charge on any atom is 0.219 e. The predicted octanol–water partition coefficient (Wildman–Crippen LogP) is 2.75. The fourth-order valence-electron chi connectivity index (χ4n) is 1.67. The molecule has 1 N–H and O–H groups in total. The number of nitrogens with zero attached hydrogens (tertiary/aromatic N) is 1. The Morgan fingerprint density at radius 1 is 1.35 bits per heavy atom. The lowest BCUT2D eigenvalue weighted by molar-refractivity contribution is -0.128. The molecule has 0 aromatic heterocycles. The number of likely N-dealkylation sites (N-methyl/N-ethyl adjacent to an activating group) is 1. The summed E-state index contributed by atoms with van der Waals surface area (Å²) >= 11 is 3.38. The predicted molar refractivity (Wildman–Crippen MR) is 83.2 cm³/mol. The molecule has 0 heterocycles. The van der Waals surface area contributed by atoms with E-state index in [1.54, 1.807) is 7.05 Å². The minimum Gasteiger partial charge on any atom is -0.494 e. The number of rotatable bonds is 8. The molecule has 5 heteroatoms. The average Bonchev–Trinajstić information content (AvgIpc) is 2.44. The average molecular weight is 344 g/mol. The van der Waals surface area contributed by atoms with Gasteiger partial charge in [-0.2, -0.15) is 0 Å². The van der Waals surface area contributed by atoms with Gasteiger partial charge in [0, 0.05) is 19.3 Å². The molecule has 0 aliphatic heterocycles. The van der Waals surface area contributed by atoms with Crippen molar-refractivity contribution in [2.45, 2.75) is 25.9 Å². The Bertz CT molecular complexity index is 408. The molecular weight excluding hydrogens is 322 g/mol. The molecule has 0 unspecified atom stereocenters. The Morgan fingerprint density at radius 2 is 2.00 bits per heavy atom. The number of amides is 1. The van der Waals surface area contributed by atoms with E-state index in [1.807, 2.05) is 24.3 Å². The molecular formula is C15H22BrNO3. The van der Waals surface area contributed by atoms with Crippen LogP contribution >= 0.6 is 15.9 Å². The lowest BCUT2D eigenvalue weighted by Crippen LogP contribution is -2.28. The van der Waals surface area contributed by atoms with Crippen molar-refractivity contribution in [3.05, 3.63) is 29.8 Å². The second kappa shape index (κ2) is 8.97. The molecule has 0 fully saturated rings. The summed E-state index contributed by atoms with van der Waals surface area (Å²) in [5.41, 5.74) is 0.783. The third-order valence-corrected chi connectivity index (χ3v) is 3.61. The van der Waals surface area contributed by atoms with Gasteiger partial charge in [0.2, 0.25) is 5.91 Å². The molecule has 0 spiro atoms. The van der Waals surface area contributed by atoms with E-state index < -0.39 is 6.10 Å². The third-order valence-electron chi connectivity index (χ3n) is 3.05. The number of hydrogen-bond acceptors (Lipinski definition) is 3. The second-order valence-corrected chi connectivity index (χ2v) is 5.52. The molecule has 0 aliphatic rings. The first-order chi connectivity index (χ1) is 9.54. The summed E-state index contributed by atoms with van der Waals surface area (Å²) < 4.78 is 5.60. The van der Waals surface area contributed by atoms with Gasteiger partial charge in [0.15, 0.2) is 0 Å². The Morgan fingerprint density at radius 3 is 2.55 bits per heavy atom. The number of halogens is 1. The topological polar surface area (TPSA) is 49.8 Å².